The zero-order valence-electron chi connectivity index (χ0n) is 11.8. The lowest BCUT2D eigenvalue weighted by Gasteiger charge is -1.98. The molecule has 0 atom stereocenters. The van der Waals surface area contributed by atoms with Crippen LogP contribution in [0.2, 0.25) is 0 Å². The summed E-state index contributed by atoms with van der Waals surface area (Å²) in [6, 6.07) is 4.52. The number of halogens is 1. The van der Waals surface area contributed by atoms with Crippen LogP contribution in [0.4, 0.5) is 4.39 Å². The van der Waals surface area contributed by atoms with E-state index in [1.165, 1.54) is 28.2 Å². The van der Waals surface area contributed by atoms with E-state index in [0.717, 1.165) is 15.8 Å². The second kappa shape index (κ2) is 4.92. The van der Waals surface area contributed by atoms with E-state index in [-0.39, 0.29) is 11.7 Å². The van der Waals surface area contributed by atoms with Gasteiger partial charge in [0.1, 0.15) is 11.5 Å². The van der Waals surface area contributed by atoms with E-state index in [1.807, 2.05) is 6.92 Å². The van der Waals surface area contributed by atoms with Crippen molar-refractivity contribution in [3.8, 4) is 0 Å². The molecule has 2 aromatic heterocycles. The normalized spacial score (nSPS) is 12.3. The zero-order valence-corrected chi connectivity index (χ0v) is 12.6. The Morgan fingerprint density at radius 2 is 2.14 bits per heavy atom. The van der Waals surface area contributed by atoms with Gasteiger partial charge >= 0.3 is 0 Å². The van der Waals surface area contributed by atoms with Crippen molar-refractivity contribution in [1.82, 2.24) is 14.3 Å². The molecule has 108 valence electrons. The van der Waals surface area contributed by atoms with E-state index in [2.05, 4.69) is 10.1 Å². The largest absolute Gasteiger partial charge is 0.319 e. The average molecular weight is 304 g/mol. The maximum atomic E-state index is 13.3. The lowest BCUT2D eigenvalue weighted by atomic mass is 10.3. The van der Waals surface area contributed by atoms with Crippen molar-refractivity contribution in [2.75, 3.05) is 0 Å². The Morgan fingerprint density at radius 1 is 1.38 bits per heavy atom. The molecule has 1 aromatic carbocycles. The number of hydrogen-bond donors (Lipinski definition) is 0. The molecule has 21 heavy (non-hydrogen) atoms. The van der Waals surface area contributed by atoms with Crippen molar-refractivity contribution >= 4 is 27.5 Å². The maximum Gasteiger partial charge on any atom is 0.298 e. The van der Waals surface area contributed by atoms with Gasteiger partial charge in [0.25, 0.3) is 5.91 Å². The van der Waals surface area contributed by atoms with Gasteiger partial charge in [-0.2, -0.15) is 10.1 Å². The summed E-state index contributed by atoms with van der Waals surface area (Å²) in [4.78, 5) is 17.0. The minimum atomic E-state index is -0.352. The Hall–Kier alpha value is -2.28. The highest BCUT2D eigenvalue weighted by molar-refractivity contribution is 7.16. The number of hydrogen-bond acceptors (Lipinski definition) is 3. The van der Waals surface area contributed by atoms with Gasteiger partial charge in [-0.1, -0.05) is 11.3 Å². The fraction of sp³-hybridized carbons (Fsp3) is 0.214. The molecule has 3 rings (SSSR count). The van der Waals surface area contributed by atoms with Gasteiger partial charge in [0, 0.05) is 19.7 Å². The number of aryl methyl sites for hydroxylation is 3. The minimum Gasteiger partial charge on any atom is -0.319 e. The number of thiazole rings is 1. The Balaban J connectivity index is 2.16. The van der Waals surface area contributed by atoms with Crippen LogP contribution >= 0.6 is 11.3 Å². The summed E-state index contributed by atoms with van der Waals surface area (Å²) >= 11 is 1.28. The molecule has 0 saturated carbocycles. The lowest BCUT2D eigenvalue weighted by Crippen LogP contribution is -2.15. The second-order valence-electron chi connectivity index (χ2n) is 4.77. The van der Waals surface area contributed by atoms with Crippen LogP contribution in [0, 0.1) is 12.7 Å². The van der Waals surface area contributed by atoms with Gasteiger partial charge in [-0.15, -0.1) is 0 Å². The Kier molecular flexibility index (Phi) is 3.21. The number of fused-ring (bicyclic) bond motifs is 1. The summed E-state index contributed by atoms with van der Waals surface area (Å²) in [6.07, 6.45) is 1.63. The van der Waals surface area contributed by atoms with Crippen molar-refractivity contribution in [2.24, 2.45) is 19.1 Å². The Morgan fingerprint density at radius 3 is 2.81 bits per heavy atom. The standard InChI is InChI=1S/C14H13FN4OS/c1-8-7-16-19(3)12(8)13(20)17-14-18(2)10-5-4-9(15)6-11(10)21-14/h4-7H,1-3H3. The number of carbonyl (C=O) groups excluding carboxylic acids is 1. The number of amides is 1. The molecule has 0 N–H and O–H groups in total. The van der Waals surface area contributed by atoms with Crippen LogP contribution < -0.4 is 4.80 Å². The molecule has 0 spiro atoms. The molecule has 0 aliphatic heterocycles. The summed E-state index contributed by atoms with van der Waals surface area (Å²) in [5.41, 5.74) is 2.08. The van der Waals surface area contributed by atoms with E-state index in [1.54, 1.807) is 30.9 Å². The molecule has 2 heterocycles. The number of nitrogens with zero attached hydrogens (tertiary/aromatic N) is 4. The fourth-order valence-corrected chi connectivity index (χ4v) is 3.25. The molecular weight excluding hydrogens is 291 g/mol. The van der Waals surface area contributed by atoms with Gasteiger partial charge in [-0.25, -0.2) is 4.39 Å². The van der Waals surface area contributed by atoms with Crippen LogP contribution in [0.1, 0.15) is 16.1 Å². The van der Waals surface area contributed by atoms with Gasteiger partial charge in [0.2, 0.25) is 0 Å². The summed E-state index contributed by atoms with van der Waals surface area (Å²) in [7, 11) is 3.51. The van der Waals surface area contributed by atoms with Crippen molar-refractivity contribution in [1.29, 1.82) is 0 Å². The molecule has 0 aliphatic carbocycles. The second-order valence-corrected chi connectivity index (χ2v) is 5.78. The molecule has 3 aromatic rings. The van der Waals surface area contributed by atoms with E-state index >= 15 is 0 Å². The Labute approximate surface area is 124 Å². The van der Waals surface area contributed by atoms with Crippen LogP contribution in [0.15, 0.2) is 29.4 Å². The average Bonchev–Trinajstić information content (AvgIpc) is 2.91. The molecule has 0 aliphatic rings. The van der Waals surface area contributed by atoms with Crippen LogP contribution in [-0.2, 0) is 14.1 Å². The minimum absolute atomic E-state index is 0.301. The van der Waals surface area contributed by atoms with Crippen molar-refractivity contribution < 1.29 is 9.18 Å². The van der Waals surface area contributed by atoms with E-state index in [9.17, 15) is 9.18 Å². The van der Waals surface area contributed by atoms with Gasteiger partial charge in [-0.3, -0.25) is 9.48 Å². The highest BCUT2D eigenvalue weighted by Crippen LogP contribution is 2.17. The topological polar surface area (TPSA) is 52.2 Å². The molecule has 0 saturated heterocycles. The molecular formula is C14H13FN4OS. The number of benzene rings is 1. The maximum absolute atomic E-state index is 13.3. The first-order valence-electron chi connectivity index (χ1n) is 6.30. The summed E-state index contributed by atoms with van der Waals surface area (Å²) < 4.78 is 17.3. The zero-order chi connectivity index (χ0) is 15.1. The van der Waals surface area contributed by atoms with Gasteiger partial charge in [0.15, 0.2) is 4.80 Å². The first-order valence-corrected chi connectivity index (χ1v) is 7.12. The molecule has 0 radical (unpaired) electrons. The van der Waals surface area contributed by atoms with Crippen molar-refractivity contribution in [3.63, 3.8) is 0 Å². The van der Waals surface area contributed by atoms with E-state index in [0.29, 0.717) is 10.5 Å². The predicted molar refractivity (Wildman–Crippen MR) is 78.6 cm³/mol. The molecule has 0 bridgehead atoms. The number of rotatable bonds is 1. The van der Waals surface area contributed by atoms with Crippen LogP contribution in [0.25, 0.3) is 10.2 Å². The summed E-state index contributed by atoms with van der Waals surface area (Å²) in [6.45, 7) is 1.82. The third-order valence-corrected chi connectivity index (χ3v) is 4.39. The molecule has 7 heteroatoms. The van der Waals surface area contributed by atoms with E-state index in [4.69, 9.17) is 0 Å². The first-order chi connectivity index (χ1) is 9.97. The SMILES string of the molecule is Cc1cnn(C)c1C(=O)N=c1sc2cc(F)ccc2n1C. The molecule has 1 amide bonds. The fourth-order valence-electron chi connectivity index (χ4n) is 2.21. The Bertz CT molecular complexity index is 899. The summed E-state index contributed by atoms with van der Waals surface area (Å²) in [5.74, 6) is -0.653. The van der Waals surface area contributed by atoms with Crippen molar-refractivity contribution in [3.05, 3.63) is 46.3 Å². The highest BCUT2D eigenvalue weighted by Gasteiger charge is 2.14. The predicted octanol–water partition coefficient (Wildman–Crippen LogP) is 2.16. The quantitative estimate of drug-likeness (QED) is 0.692. The van der Waals surface area contributed by atoms with Crippen LogP contribution in [0.3, 0.4) is 0 Å². The monoisotopic (exact) mass is 304 g/mol. The summed E-state index contributed by atoms with van der Waals surface area (Å²) in [5, 5.41) is 4.04. The smallest absolute Gasteiger partial charge is 0.298 e. The van der Waals surface area contributed by atoms with Gasteiger partial charge in [-0.05, 0) is 25.1 Å². The van der Waals surface area contributed by atoms with Crippen LogP contribution in [0.5, 0.6) is 0 Å². The van der Waals surface area contributed by atoms with E-state index < -0.39 is 0 Å². The van der Waals surface area contributed by atoms with Crippen molar-refractivity contribution in [2.45, 2.75) is 6.92 Å². The molecule has 5 nitrogen and oxygen atoms in total. The van der Waals surface area contributed by atoms with Gasteiger partial charge < -0.3 is 4.57 Å². The third-order valence-electron chi connectivity index (χ3n) is 3.29. The van der Waals surface area contributed by atoms with Crippen LogP contribution in [-0.4, -0.2) is 20.3 Å². The lowest BCUT2D eigenvalue weighted by molar-refractivity contribution is 0.0988. The molecule has 0 unspecified atom stereocenters. The molecule has 0 fully saturated rings. The third kappa shape index (κ3) is 2.29. The number of carbonyl (C=O) groups is 1. The van der Waals surface area contributed by atoms with Gasteiger partial charge in [0.05, 0.1) is 16.4 Å². The highest BCUT2D eigenvalue weighted by atomic mass is 32.1. The number of aromatic nitrogens is 3. The first kappa shape index (κ1) is 13.7.